The highest BCUT2D eigenvalue weighted by Gasteiger charge is 2.10. The lowest BCUT2D eigenvalue weighted by molar-refractivity contribution is 0.0695. The molecule has 5 heteroatoms. The molecule has 0 aliphatic rings. The van der Waals surface area contributed by atoms with Gasteiger partial charge in [-0.05, 0) is 36.1 Å². The van der Waals surface area contributed by atoms with E-state index in [9.17, 15) is 14.0 Å². The number of carbonyl (C=O) groups is 2. The Morgan fingerprint density at radius 1 is 0.875 bits per heavy atom. The second-order valence-corrected chi connectivity index (χ2v) is 5.10. The van der Waals surface area contributed by atoms with E-state index < -0.39 is 11.9 Å². The van der Waals surface area contributed by atoms with Crippen LogP contribution in [0.15, 0.2) is 60.7 Å². The van der Waals surface area contributed by atoms with Crippen LogP contribution in [0, 0.1) is 12.7 Å². The van der Waals surface area contributed by atoms with Crippen LogP contribution in [-0.4, -0.2) is 22.2 Å². The number of carboxylic acid groups (broad SMARTS) is 2. The summed E-state index contributed by atoms with van der Waals surface area (Å²) in [5.41, 5.74) is 0.570. The van der Waals surface area contributed by atoms with Gasteiger partial charge in [0.15, 0.2) is 0 Å². The van der Waals surface area contributed by atoms with Crippen LogP contribution in [0.3, 0.4) is 0 Å². The SMILES string of the molecule is Cc1ccc(C(=O)O)cc1C(=O)O.Fc1cccc2ccccc12. The van der Waals surface area contributed by atoms with Crippen LogP contribution in [-0.2, 0) is 0 Å². The van der Waals surface area contributed by atoms with Crippen LogP contribution >= 0.6 is 0 Å². The smallest absolute Gasteiger partial charge is 0.335 e. The topological polar surface area (TPSA) is 74.6 Å². The molecule has 0 bridgehead atoms. The van der Waals surface area contributed by atoms with E-state index in [1.807, 2.05) is 24.3 Å². The Bertz CT molecular complexity index is 898. The molecule has 0 saturated heterocycles. The third kappa shape index (κ3) is 3.95. The molecule has 0 saturated carbocycles. The number of hydrogen-bond acceptors (Lipinski definition) is 2. The lowest BCUT2D eigenvalue weighted by Crippen LogP contribution is -2.03. The van der Waals surface area contributed by atoms with E-state index in [0.29, 0.717) is 10.9 Å². The lowest BCUT2D eigenvalue weighted by Gasteiger charge is -2.01. The molecule has 0 aliphatic carbocycles. The normalized spacial score (nSPS) is 9.92. The first-order chi connectivity index (χ1) is 11.4. The number of fused-ring (bicyclic) bond motifs is 1. The average molecular weight is 326 g/mol. The number of halogens is 1. The summed E-state index contributed by atoms with van der Waals surface area (Å²) >= 11 is 0. The standard InChI is InChI=1S/C10H7F.C9H8O4/c11-10-7-3-5-8-4-1-2-6-9(8)10;1-5-2-3-6(8(10)11)4-7(5)9(12)13/h1-7H;2-4H,1H3,(H,10,11)(H,12,13). The molecule has 0 atom stereocenters. The summed E-state index contributed by atoms with van der Waals surface area (Å²) < 4.78 is 13.0. The fourth-order valence-electron chi connectivity index (χ4n) is 2.17. The molecule has 0 heterocycles. The molecule has 122 valence electrons. The maximum absolute atomic E-state index is 13.0. The van der Waals surface area contributed by atoms with Crippen LogP contribution in [0.25, 0.3) is 10.8 Å². The number of rotatable bonds is 2. The van der Waals surface area contributed by atoms with Crippen LogP contribution in [0.2, 0.25) is 0 Å². The summed E-state index contributed by atoms with van der Waals surface area (Å²) in [7, 11) is 0. The van der Waals surface area contributed by atoms with Gasteiger partial charge in [-0.25, -0.2) is 14.0 Å². The number of aryl methyl sites for hydroxylation is 1. The van der Waals surface area contributed by atoms with Crippen molar-refractivity contribution in [2.24, 2.45) is 0 Å². The van der Waals surface area contributed by atoms with Crippen molar-refractivity contribution in [2.75, 3.05) is 0 Å². The predicted octanol–water partition coefficient (Wildman–Crippen LogP) is 4.37. The Hall–Kier alpha value is -3.21. The average Bonchev–Trinajstić information content (AvgIpc) is 2.56. The molecule has 4 nitrogen and oxygen atoms in total. The van der Waals surface area contributed by atoms with Crippen LogP contribution in [0.1, 0.15) is 26.3 Å². The molecule has 0 spiro atoms. The molecule has 24 heavy (non-hydrogen) atoms. The Morgan fingerprint density at radius 3 is 2.17 bits per heavy atom. The zero-order valence-corrected chi connectivity index (χ0v) is 12.9. The summed E-state index contributed by atoms with van der Waals surface area (Å²) in [6.45, 7) is 1.62. The summed E-state index contributed by atoms with van der Waals surface area (Å²) in [5, 5.41) is 18.9. The molecule has 0 amide bonds. The second-order valence-electron chi connectivity index (χ2n) is 5.10. The Balaban J connectivity index is 0.000000175. The molecule has 2 N–H and O–H groups in total. The fourth-order valence-corrected chi connectivity index (χ4v) is 2.17. The van der Waals surface area contributed by atoms with Gasteiger partial charge in [0, 0.05) is 5.39 Å². The molecule has 3 aromatic carbocycles. The van der Waals surface area contributed by atoms with E-state index in [0.717, 1.165) is 11.5 Å². The highest BCUT2D eigenvalue weighted by Crippen LogP contribution is 2.16. The molecule has 3 rings (SSSR count). The van der Waals surface area contributed by atoms with Crippen LogP contribution in [0.5, 0.6) is 0 Å². The van der Waals surface area contributed by atoms with Crippen molar-refractivity contribution in [3.05, 3.63) is 83.2 Å². The third-order valence-corrected chi connectivity index (χ3v) is 3.45. The van der Waals surface area contributed by atoms with Crippen molar-refractivity contribution in [3.8, 4) is 0 Å². The van der Waals surface area contributed by atoms with Crippen molar-refractivity contribution in [1.29, 1.82) is 0 Å². The quantitative estimate of drug-likeness (QED) is 0.733. The highest BCUT2D eigenvalue weighted by atomic mass is 19.1. The Morgan fingerprint density at radius 2 is 1.54 bits per heavy atom. The second kappa shape index (κ2) is 7.37. The third-order valence-electron chi connectivity index (χ3n) is 3.45. The predicted molar refractivity (Wildman–Crippen MR) is 89.0 cm³/mol. The monoisotopic (exact) mass is 326 g/mol. The largest absolute Gasteiger partial charge is 0.478 e. The van der Waals surface area contributed by atoms with Crippen molar-refractivity contribution < 1.29 is 24.2 Å². The van der Waals surface area contributed by atoms with Gasteiger partial charge in [0.25, 0.3) is 0 Å². The minimum absolute atomic E-state index is 0.0111. The van der Waals surface area contributed by atoms with Gasteiger partial charge >= 0.3 is 11.9 Å². The first-order valence-electron chi connectivity index (χ1n) is 7.10. The fraction of sp³-hybridized carbons (Fsp3) is 0.0526. The zero-order valence-electron chi connectivity index (χ0n) is 12.9. The first kappa shape index (κ1) is 17.1. The molecule has 0 fully saturated rings. The summed E-state index contributed by atoms with van der Waals surface area (Å²) in [6.07, 6.45) is 0. The van der Waals surface area contributed by atoms with E-state index in [4.69, 9.17) is 10.2 Å². The van der Waals surface area contributed by atoms with E-state index in [1.54, 1.807) is 19.1 Å². The molecular formula is C19H15FO4. The van der Waals surface area contributed by atoms with Gasteiger partial charge < -0.3 is 10.2 Å². The van der Waals surface area contributed by atoms with Gasteiger partial charge in [-0.3, -0.25) is 0 Å². The number of carboxylic acids is 2. The molecule has 0 radical (unpaired) electrons. The van der Waals surface area contributed by atoms with Crippen LogP contribution < -0.4 is 0 Å². The Labute approximate surface area is 137 Å². The summed E-state index contributed by atoms with van der Waals surface area (Å²) in [5.74, 6) is -2.38. The van der Waals surface area contributed by atoms with Crippen molar-refractivity contribution in [3.63, 3.8) is 0 Å². The van der Waals surface area contributed by atoms with Gasteiger partial charge in [0.05, 0.1) is 11.1 Å². The minimum Gasteiger partial charge on any atom is -0.478 e. The summed E-state index contributed by atoms with van der Waals surface area (Å²) in [4.78, 5) is 21.1. The van der Waals surface area contributed by atoms with Crippen LogP contribution in [0.4, 0.5) is 4.39 Å². The van der Waals surface area contributed by atoms with Gasteiger partial charge in [-0.15, -0.1) is 0 Å². The van der Waals surface area contributed by atoms with Gasteiger partial charge in [0.2, 0.25) is 0 Å². The number of benzene rings is 3. The number of aromatic carboxylic acids is 2. The van der Waals surface area contributed by atoms with E-state index >= 15 is 0 Å². The molecule has 0 unspecified atom stereocenters. The van der Waals surface area contributed by atoms with E-state index in [1.165, 1.54) is 18.2 Å². The van der Waals surface area contributed by atoms with Gasteiger partial charge in [0.1, 0.15) is 5.82 Å². The molecule has 0 aliphatic heterocycles. The first-order valence-corrected chi connectivity index (χ1v) is 7.10. The van der Waals surface area contributed by atoms with Crippen molar-refractivity contribution in [2.45, 2.75) is 6.92 Å². The maximum atomic E-state index is 13.0. The van der Waals surface area contributed by atoms with Gasteiger partial charge in [-0.2, -0.15) is 0 Å². The lowest BCUT2D eigenvalue weighted by atomic mass is 10.1. The maximum Gasteiger partial charge on any atom is 0.335 e. The molecule has 0 aromatic heterocycles. The van der Waals surface area contributed by atoms with Crippen molar-refractivity contribution in [1.82, 2.24) is 0 Å². The number of hydrogen-bond donors (Lipinski definition) is 2. The summed E-state index contributed by atoms with van der Waals surface area (Å²) in [6, 6.07) is 16.5. The Kier molecular flexibility index (Phi) is 5.27. The highest BCUT2D eigenvalue weighted by molar-refractivity contribution is 5.94. The van der Waals surface area contributed by atoms with Gasteiger partial charge in [-0.1, -0.05) is 42.5 Å². The zero-order chi connectivity index (χ0) is 17.7. The minimum atomic E-state index is -1.12. The van der Waals surface area contributed by atoms with E-state index in [2.05, 4.69) is 0 Å². The van der Waals surface area contributed by atoms with Crippen molar-refractivity contribution >= 4 is 22.7 Å². The van der Waals surface area contributed by atoms with E-state index in [-0.39, 0.29) is 16.9 Å². The molecular weight excluding hydrogens is 311 g/mol. The molecule has 3 aromatic rings.